The zero-order valence-electron chi connectivity index (χ0n) is 22.5. The van der Waals surface area contributed by atoms with Crippen molar-refractivity contribution in [2.45, 2.75) is 90.9 Å². The Morgan fingerprint density at radius 3 is 2.03 bits per heavy atom. The maximum atomic E-state index is 14.1. The molecule has 13 nitrogen and oxygen atoms in total. The third kappa shape index (κ3) is 2.60. The van der Waals surface area contributed by atoms with E-state index >= 15 is 0 Å². The van der Waals surface area contributed by atoms with Crippen LogP contribution >= 0.6 is 0 Å². The summed E-state index contributed by atoms with van der Waals surface area (Å²) in [6, 6.07) is 0. The molecule has 4 aliphatic heterocycles. The molecule has 2 spiro atoms. The summed E-state index contributed by atoms with van der Waals surface area (Å²) in [5.41, 5.74) is -6.39. The van der Waals surface area contributed by atoms with Crippen molar-refractivity contribution in [1.29, 1.82) is 0 Å². The van der Waals surface area contributed by atoms with Crippen LogP contribution in [0.2, 0.25) is 0 Å². The van der Waals surface area contributed by atoms with Gasteiger partial charge in [0.15, 0.2) is 17.8 Å². The van der Waals surface area contributed by atoms with E-state index in [9.17, 15) is 28.8 Å². The molecule has 0 bridgehead atoms. The first-order valence-corrected chi connectivity index (χ1v) is 12.9. The van der Waals surface area contributed by atoms with Crippen LogP contribution in [0.3, 0.4) is 0 Å². The Labute approximate surface area is 223 Å². The highest BCUT2D eigenvalue weighted by Gasteiger charge is 3.03. The lowest BCUT2D eigenvalue weighted by molar-refractivity contribution is -0.211. The summed E-state index contributed by atoms with van der Waals surface area (Å²) < 4.78 is 41.3. The van der Waals surface area contributed by atoms with E-state index in [2.05, 4.69) is 0 Å². The molecular formula is C26H30O13. The second-order valence-electron chi connectivity index (χ2n) is 12.4. The minimum atomic E-state index is -2.02. The van der Waals surface area contributed by atoms with Gasteiger partial charge in [-0.05, 0) is 5.41 Å². The fraction of sp³-hybridized carbons (Fsp3) is 0.769. The van der Waals surface area contributed by atoms with Crippen LogP contribution in [0.25, 0.3) is 0 Å². The second kappa shape index (κ2) is 7.49. The zero-order chi connectivity index (χ0) is 28.6. The van der Waals surface area contributed by atoms with Gasteiger partial charge in [-0.3, -0.25) is 19.2 Å². The number of hydrogen-bond acceptors (Lipinski definition) is 13. The predicted octanol–water partition coefficient (Wildman–Crippen LogP) is 0.199. The van der Waals surface area contributed by atoms with Crippen LogP contribution in [0.15, 0.2) is 0 Å². The topological polar surface area (TPSA) is 167 Å². The summed E-state index contributed by atoms with van der Waals surface area (Å²) in [6.45, 7) is 10.5. The van der Waals surface area contributed by atoms with Crippen LogP contribution in [0, 0.1) is 34.0 Å². The van der Waals surface area contributed by atoms with Gasteiger partial charge in [0.1, 0.15) is 23.0 Å². The Bertz CT molecular complexity index is 1230. The molecule has 0 radical (unpaired) electrons. The Kier molecular flexibility index (Phi) is 5.00. The van der Waals surface area contributed by atoms with E-state index in [0.29, 0.717) is 0 Å². The van der Waals surface area contributed by atoms with Gasteiger partial charge in [0.25, 0.3) is 0 Å². The van der Waals surface area contributed by atoms with Gasteiger partial charge in [0.05, 0.1) is 11.8 Å². The highest BCUT2D eigenvalue weighted by molar-refractivity contribution is 5.93. The maximum Gasteiger partial charge on any atom is 0.350 e. The van der Waals surface area contributed by atoms with Crippen molar-refractivity contribution in [1.82, 2.24) is 0 Å². The minimum Gasteiger partial charge on any atom is -0.458 e. The van der Waals surface area contributed by atoms with E-state index < -0.39 is 112 Å². The third-order valence-electron chi connectivity index (χ3n) is 9.56. The van der Waals surface area contributed by atoms with E-state index in [1.165, 1.54) is 6.92 Å². The van der Waals surface area contributed by atoms with E-state index in [-0.39, 0.29) is 0 Å². The SMILES string of the molecule is CC(=O)O[C@H]1[C@H]2OC(=O)[C@]34O[C@H]5OC(=O)[C@H](OC(C)=O)[C@]5([C@@H]1C(C)(C)C)[C@]23[C@@H](OC(C)=O)[C@@H]1OC(=O)[C@@H](C)[C@@H]14. The van der Waals surface area contributed by atoms with Crippen LogP contribution in [-0.4, -0.2) is 78.2 Å². The average molecular weight is 551 g/mol. The van der Waals surface area contributed by atoms with E-state index in [0.717, 1.165) is 13.8 Å². The molecule has 6 rings (SSSR count). The Morgan fingerprint density at radius 2 is 1.46 bits per heavy atom. The van der Waals surface area contributed by atoms with Gasteiger partial charge in [0.2, 0.25) is 12.4 Å². The fourth-order valence-electron chi connectivity index (χ4n) is 9.14. The molecule has 39 heavy (non-hydrogen) atoms. The van der Waals surface area contributed by atoms with Gasteiger partial charge in [-0.15, -0.1) is 0 Å². The lowest BCUT2D eigenvalue weighted by Gasteiger charge is -2.48. The first-order chi connectivity index (χ1) is 18.1. The van der Waals surface area contributed by atoms with E-state index in [4.69, 9.17) is 33.2 Å². The average Bonchev–Trinajstić information content (AvgIpc) is 3.50. The van der Waals surface area contributed by atoms with Gasteiger partial charge in [0, 0.05) is 26.7 Å². The van der Waals surface area contributed by atoms with Crippen molar-refractivity contribution in [3.8, 4) is 0 Å². The summed E-state index contributed by atoms with van der Waals surface area (Å²) in [6.07, 6.45) is -8.20. The smallest absolute Gasteiger partial charge is 0.350 e. The first-order valence-electron chi connectivity index (χ1n) is 12.9. The van der Waals surface area contributed by atoms with Gasteiger partial charge < -0.3 is 33.2 Å². The molecule has 0 aromatic carbocycles. The highest BCUT2D eigenvalue weighted by atomic mass is 16.8. The molecule has 4 saturated heterocycles. The lowest BCUT2D eigenvalue weighted by atomic mass is 9.51. The fourth-order valence-corrected chi connectivity index (χ4v) is 9.14. The molecule has 0 aromatic rings. The Balaban J connectivity index is 1.75. The van der Waals surface area contributed by atoms with Gasteiger partial charge in [-0.1, -0.05) is 27.7 Å². The quantitative estimate of drug-likeness (QED) is 0.346. The molecule has 0 N–H and O–H groups in total. The summed E-state index contributed by atoms with van der Waals surface area (Å²) >= 11 is 0. The third-order valence-corrected chi connectivity index (χ3v) is 9.56. The largest absolute Gasteiger partial charge is 0.458 e. The standard InChI is InChI=1S/C26H30O13/c1-8-12-13(36-19(8)30)16(34-10(3)28)25-17-14(33-9(2)27)15(23(5,6)7)24(25)18(35-11(4)29)20(31)38-22(24)39-26(12,25)21(32)37-17/h8,12-18,22H,1-7H3/t8-,12-,13+,14+,15-,16-,17+,18-,22+,24-,25-,26-/m0/s1. The van der Waals surface area contributed by atoms with Crippen molar-refractivity contribution in [2.75, 3.05) is 0 Å². The van der Waals surface area contributed by atoms with Crippen LogP contribution in [0.1, 0.15) is 48.5 Å². The summed E-state index contributed by atoms with van der Waals surface area (Å²) in [5, 5.41) is 0. The number of carbonyl (C=O) groups is 6. The summed E-state index contributed by atoms with van der Waals surface area (Å²) in [4.78, 5) is 77.8. The van der Waals surface area contributed by atoms with Crippen LogP contribution in [0.5, 0.6) is 0 Å². The van der Waals surface area contributed by atoms with Crippen molar-refractivity contribution >= 4 is 35.8 Å². The second-order valence-corrected chi connectivity index (χ2v) is 12.4. The normalized spacial score (nSPS) is 48.4. The molecule has 6 fully saturated rings. The number of hydrogen-bond donors (Lipinski definition) is 0. The predicted molar refractivity (Wildman–Crippen MR) is 121 cm³/mol. The Morgan fingerprint density at radius 1 is 0.846 bits per heavy atom. The Hall–Kier alpha value is -3.22. The molecule has 13 heteroatoms. The van der Waals surface area contributed by atoms with Gasteiger partial charge in [-0.2, -0.15) is 0 Å². The summed E-state index contributed by atoms with van der Waals surface area (Å²) in [7, 11) is 0. The van der Waals surface area contributed by atoms with Crippen LogP contribution in [0.4, 0.5) is 0 Å². The van der Waals surface area contributed by atoms with Crippen molar-refractivity contribution in [3.63, 3.8) is 0 Å². The number of ether oxygens (including phenoxy) is 7. The van der Waals surface area contributed by atoms with Gasteiger partial charge >= 0.3 is 35.8 Å². The van der Waals surface area contributed by atoms with Gasteiger partial charge in [-0.25, -0.2) is 9.59 Å². The van der Waals surface area contributed by atoms with Crippen LogP contribution in [-0.2, 0) is 61.9 Å². The monoisotopic (exact) mass is 550 g/mol. The number of esters is 6. The zero-order valence-corrected chi connectivity index (χ0v) is 22.5. The molecule has 212 valence electrons. The van der Waals surface area contributed by atoms with E-state index in [1.807, 2.05) is 20.8 Å². The van der Waals surface area contributed by atoms with Crippen LogP contribution < -0.4 is 0 Å². The summed E-state index contributed by atoms with van der Waals surface area (Å²) in [5.74, 6) is -7.52. The number of carbonyl (C=O) groups excluding carboxylic acids is 6. The first kappa shape index (κ1) is 26.0. The van der Waals surface area contributed by atoms with E-state index in [1.54, 1.807) is 6.92 Å². The van der Waals surface area contributed by atoms with Crippen molar-refractivity contribution < 1.29 is 61.9 Å². The molecule has 0 unspecified atom stereocenters. The highest BCUT2D eigenvalue weighted by Crippen LogP contribution is 2.84. The number of fused-ring (bicyclic) bond motifs is 1. The molecule has 0 amide bonds. The minimum absolute atomic E-state index is 0.632. The lowest BCUT2D eigenvalue weighted by Crippen LogP contribution is -2.64. The molecule has 4 heterocycles. The molecule has 0 aromatic heterocycles. The molecule has 12 atom stereocenters. The molecule has 2 saturated carbocycles. The van der Waals surface area contributed by atoms with Crippen molar-refractivity contribution in [2.24, 2.45) is 34.0 Å². The molecule has 2 aliphatic carbocycles. The maximum absolute atomic E-state index is 14.1. The molecular weight excluding hydrogens is 520 g/mol. The molecule has 6 aliphatic rings. The number of rotatable bonds is 3. The van der Waals surface area contributed by atoms with Crippen molar-refractivity contribution in [3.05, 3.63) is 0 Å².